The Morgan fingerprint density at radius 1 is 1.17 bits per heavy atom. The van der Waals surface area contributed by atoms with Crippen molar-refractivity contribution < 1.29 is 13.5 Å². The van der Waals surface area contributed by atoms with Crippen molar-refractivity contribution in [3.05, 3.63) is 30.3 Å². The zero-order chi connectivity index (χ0) is 13.0. The molecular formula is C13H19NO3S. The van der Waals surface area contributed by atoms with Crippen molar-refractivity contribution in [2.75, 3.05) is 13.2 Å². The van der Waals surface area contributed by atoms with Crippen LogP contribution in [-0.4, -0.2) is 37.0 Å². The van der Waals surface area contributed by atoms with E-state index >= 15 is 0 Å². The largest absolute Gasteiger partial charge is 0.395 e. The van der Waals surface area contributed by atoms with E-state index in [1.54, 1.807) is 30.3 Å². The molecule has 1 aromatic rings. The first kappa shape index (κ1) is 13.5. The van der Waals surface area contributed by atoms with E-state index < -0.39 is 10.0 Å². The third-order valence-electron chi connectivity index (χ3n) is 3.38. The number of benzene rings is 1. The summed E-state index contributed by atoms with van der Waals surface area (Å²) in [5.41, 5.74) is 0. The first-order chi connectivity index (χ1) is 8.66. The highest BCUT2D eigenvalue weighted by atomic mass is 32.2. The Labute approximate surface area is 108 Å². The SMILES string of the molecule is O=S(=O)(c1ccccc1)N1CCCCCC1CO. The van der Waals surface area contributed by atoms with Crippen LogP contribution in [0.2, 0.25) is 0 Å². The van der Waals surface area contributed by atoms with Gasteiger partial charge in [0.2, 0.25) is 10.0 Å². The standard InChI is InChI=1S/C13H19NO3S/c15-11-12-7-3-2-6-10-14(12)18(16,17)13-8-4-1-5-9-13/h1,4-5,8-9,12,15H,2-3,6-7,10-11H2. The van der Waals surface area contributed by atoms with Crippen molar-refractivity contribution in [2.24, 2.45) is 0 Å². The van der Waals surface area contributed by atoms with Gasteiger partial charge in [0.1, 0.15) is 0 Å². The molecule has 4 nitrogen and oxygen atoms in total. The summed E-state index contributed by atoms with van der Waals surface area (Å²) in [5.74, 6) is 0. The number of hydrogen-bond donors (Lipinski definition) is 1. The Hall–Kier alpha value is -0.910. The molecule has 18 heavy (non-hydrogen) atoms. The van der Waals surface area contributed by atoms with E-state index in [-0.39, 0.29) is 12.6 Å². The summed E-state index contributed by atoms with van der Waals surface area (Å²) in [6, 6.07) is 8.17. The van der Waals surface area contributed by atoms with Crippen molar-refractivity contribution in [1.82, 2.24) is 4.31 Å². The second-order valence-electron chi connectivity index (χ2n) is 4.61. The van der Waals surface area contributed by atoms with Crippen molar-refractivity contribution in [1.29, 1.82) is 0 Å². The minimum atomic E-state index is -3.47. The number of aliphatic hydroxyl groups is 1. The van der Waals surface area contributed by atoms with Crippen LogP contribution in [0.15, 0.2) is 35.2 Å². The summed E-state index contributed by atoms with van der Waals surface area (Å²) in [7, 11) is -3.47. The molecule has 1 saturated heterocycles. The molecule has 0 bridgehead atoms. The molecule has 100 valence electrons. The smallest absolute Gasteiger partial charge is 0.243 e. The zero-order valence-corrected chi connectivity index (χ0v) is 11.1. The van der Waals surface area contributed by atoms with E-state index in [2.05, 4.69) is 0 Å². The Bertz CT molecular complexity index is 472. The van der Waals surface area contributed by atoms with Gasteiger partial charge >= 0.3 is 0 Å². The summed E-state index contributed by atoms with van der Waals surface area (Å²) in [6.07, 6.45) is 3.61. The van der Waals surface area contributed by atoms with Crippen LogP contribution < -0.4 is 0 Å². The highest BCUT2D eigenvalue weighted by molar-refractivity contribution is 7.89. The van der Waals surface area contributed by atoms with Gasteiger partial charge in [-0.25, -0.2) is 8.42 Å². The van der Waals surface area contributed by atoms with E-state index in [9.17, 15) is 13.5 Å². The molecule has 2 rings (SSSR count). The quantitative estimate of drug-likeness (QED) is 0.907. The lowest BCUT2D eigenvalue weighted by molar-refractivity contribution is 0.186. The maximum atomic E-state index is 12.5. The molecular weight excluding hydrogens is 250 g/mol. The lowest BCUT2D eigenvalue weighted by Gasteiger charge is -2.27. The highest BCUT2D eigenvalue weighted by Crippen LogP contribution is 2.24. The Balaban J connectivity index is 2.32. The second kappa shape index (κ2) is 5.82. The minimum Gasteiger partial charge on any atom is -0.395 e. The fourth-order valence-electron chi connectivity index (χ4n) is 2.38. The number of hydrogen-bond acceptors (Lipinski definition) is 3. The second-order valence-corrected chi connectivity index (χ2v) is 6.51. The van der Waals surface area contributed by atoms with E-state index in [1.807, 2.05) is 0 Å². The topological polar surface area (TPSA) is 57.6 Å². The first-order valence-corrected chi connectivity index (χ1v) is 7.78. The molecule has 1 aliphatic rings. The number of rotatable bonds is 3. The van der Waals surface area contributed by atoms with Crippen LogP contribution in [0.4, 0.5) is 0 Å². The molecule has 0 saturated carbocycles. The van der Waals surface area contributed by atoms with Gasteiger partial charge in [-0.05, 0) is 25.0 Å². The van der Waals surface area contributed by atoms with Crippen molar-refractivity contribution in [2.45, 2.75) is 36.6 Å². The van der Waals surface area contributed by atoms with Crippen LogP contribution in [0.25, 0.3) is 0 Å². The molecule has 1 unspecified atom stereocenters. The van der Waals surface area contributed by atoms with Gasteiger partial charge in [-0.1, -0.05) is 31.0 Å². The molecule has 1 atom stereocenters. The zero-order valence-electron chi connectivity index (χ0n) is 10.3. The van der Waals surface area contributed by atoms with Crippen LogP contribution in [0.5, 0.6) is 0 Å². The summed E-state index contributed by atoms with van der Waals surface area (Å²) >= 11 is 0. The highest BCUT2D eigenvalue weighted by Gasteiger charge is 2.31. The predicted molar refractivity (Wildman–Crippen MR) is 69.7 cm³/mol. The third-order valence-corrected chi connectivity index (χ3v) is 5.35. The van der Waals surface area contributed by atoms with Gasteiger partial charge < -0.3 is 5.11 Å². The first-order valence-electron chi connectivity index (χ1n) is 6.34. The van der Waals surface area contributed by atoms with Crippen LogP contribution in [-0.2, 0) is 10.0 Å². The number of nitrogens with zero attached hydrogens (tertiary/aromatic N) is 1. The predicted octanol–water partition coefficient (Wildman–Crippen LogP) is 1.61. The van der Waals surface area contributed by atoms with Gasteiger partial charge in [-0.3, -0.25) is 0 Å². The molecule has 0 spiro atoms. The monoisotopic (exact) mass is 269 g/mol. The Morgan fingerprint density at radius 2 is 1.89 bits per heavy atom. The Morgan fingerprint density at radius 3 is 2.56 bits per heavy atom. The molecule has 1 fully saturated rings. The van der Waals surface area contributed by atoms with Gasteiger partial charge in [0.25, 0.3) is 0 Å². The molecule has 1 aromatic carbocycles. The maximum Gasteiger partial charge on any atom is 0.243 e. The Kier molecular flexibility index (Phi) is 4.37. The van der Waals surface area contributed by atoms with E-state index in [0.29, 0.717) is 11.4 Å². The lowest BCUT2D eigenvalue weighted by atomic mass is 10.1. The lowest BCUT2D eigenvalue weighted by Crippen LogP contribution is -2.41. The van der Waals surface area contributed by atoms with Gasteiger partial charge in [-0.15, -0.1) is 0 Å². The normalized spacial score (nSPS) is 22.6. The fraction of sp³-hybridized carbons (Fsp3) is 0.538. The summed E-state index contributed by atoms with van der Waals surface area (Å²) in [6.45, 7) is 0.397. The maximum absolute atomic E-state index is 12.5. The molecule has 0 aliphatic carbocycles. The van der Waals surface area contributed by atoms with Crippen LogP contribution in [0.3, 0.4) is 0 Å². The molecule has 0 amide bonds. The van der Waals surface area contributed by atoms with E-state index in [4.69, 9.17) is 0 Å². The van der Waals surface area contributed by atoms with E-state index in [0.717, 1.165) is 25.7 Å². The fourth-order valence-corrected chi connectivity index (χ4v) is 4.08. The van der Waals surface area contributed by atoms with Gasteiger partial charge in [-0.2, -0.15) is 4.31 Å². The molecule has 0 aromatic heterocycles. The molecule has 0 radical (unpaired) electrons. The summed E-state index contributed by atoms with van der Waals surface area (Å²) in [4.78, 5) is 0.311. The van der Waals surface area contributed by atoms with Crippen LogP contribution >= 0.6 is 0 Å². The van der Waals surface area contributed by atoms with Crippen molar-refractivity contribution in [3.8, 4) is 0 Å². The number of aliphatic hydroxyl groups excluding tert-OH is 1. The average Bonchev–Trinajstić information content (AvgIpc) is 2.65. The van der Waals surface area contributed by atoms with Crippen molar-refractivity contribution in [3.63, 3.8) is 0 Å². The third kappa shape index (κ3) is 2.74. The van der Waals surface area contributed by atoms with Gasteiger partial charge in [0, 0.05) is 12.6 Å². The molecule has 1 aliphatic heterocycles. The van der Waals surface area contributed by atoms with Crippen molar-refractivity contribution >= 4 is 10.0 Å². The average molecular weight is 269 g/mol. The van der Waals surface area contributed by atoms with Crippen LogP contribution in [0, 0.1) is 0 Å². The van der Waals surface area contributed by atoms with E-state index in [1.165, 1.54) is 4.31 Å². The van der Waals surface area contributed by atoms with Gasteiger partial charge in [0.05, 0.1) is 11.5 Å². The minimum absolute atomic E-state index is 0.105. The summed E-state index contributed by atoms with van der Waals surface area (Å²) < 4.78 is 26.5. The molecule has 1 heterocycles. The molecule has 5 heteroatoms. The number of sulfonamides is 1. The van der Waals surface area contributed by atoms with Gasteiger partial charge in [0.15, 0.2) is 0 Å². The molecule has 1 N–H and O–H groups in total. The van der Waals surface area contributed by atoms with Crippen LogP contribution in [0.1, 0.15) is 25.7 Å². The summed E-state index contributed by atoms with van der Waals surface area (Å²) in [5, 5.41) is 9.39.